The SMILES string of the molecule is COC(=O)C[C@@H]1CC(=O)[C@H](C)[C@@H](CO)O1. The van der Waals surface area contributed by atoms with E-state index in [0.29, 0.717) is 0 Å². The van der Waals surface area contributed by atoms with Crippen LogP contribution in [-0.4, -0.2) is 42.8 Å². The fourth-order valence-corrected chi connectivity index (χ4v) is 1.62. The van der Waals surface area contributed by atoms with Gasteiger partial charge in [0.2, 0.25) is 0 Å². The molecule has 0 aromatic rings. The number of ether oxygens (including phenoxy) is 2. The Morgan fingerprint density at radius 1 is 1.67 bits per heavy atom. The van der Waals surface area contributed by atoms with E-state index in [9.17, 15) is 9.59 Å². The summed E-state index contributed by atoms with van der Waals surface area (Å²) in [5.74, 6) is -0.683. The summed E-state index contributed by atoms with van der Waals surface area (Å²) in [6, 6.07) is 0. The van der Waals surface area contributed by atoms with Gasteiger partial charge >= 0.3 is 5.97 Å². The minimum Gasteiger partial charge on any atom is -0.469 e. The summed E-state index contributed by atoms with van der Waals surface area (Å²) >= 11 is 0. The van der Waals surface area contributed by atoms with Crippen LogP contribution in [0.1, 0.15) is 19.8 Å². The van der Waals surface area contributed by atoms with Crippen LogP contribution in [0.4, 0.5) is 0 Å². The standard InChI is InChI=1S/C10H16O5/c1-6-8(12)3-7(4-10(13)14-2)15-9(6)5-11/h6-7,9,11H,3-5H2,1-2H3/t6-,7-,9+/m0/s1. The molecule has 5 heteroatoms. The van der Waals surface area contributed by atoms with Crippen molar-refractivity contribution >= 4 is 11.8 Å². The van der Waals surface area contributed by atoms with Crippen molar-refractivity contribution in [1.29, 1.82) is 0 Å². The van der Waals surface area contributed by atoms with E-state index in [1.54, 1.807) is 6.92 Å². The van der Waals surface area contributed by atoms with E-state index < -0.39 is 18.2 Å². The molecule has 1 aliphatic rings. The van der Waals surface area contributed by atoms with Gasteiger partial charge in [0.05, 0.1) is 32.3 Å². The maximum absolute atomic E-state index is 11.5. The number of methoxy groups -OCH3 is 1. The highest BCUT2D eigenvalue weighted by atomic mass is 16.5. The molecule has 0 bridgehead atoms. The number of carbonyl (C=O) groups is 2. The van der Waals surface area contributed by atoms with Crippen molar-refractivity contribution < 1.29 is 24.2 Å². The second kappa shape index (κ2) is 5.23. The normalized spacial score (nSPS) is 31.4. The summed E-state index contributed by atoms with van der Waals surface area (Å²) in [4.78, 5) is 22.5. The molecule has 1 aliphatic heterocycles. The number of carbonyl (C=O) groups excluding carboxylic acids is 2. The molecular weight excluding hydrogens is 200 g/mol. The van der Waals surface area contributed by atoms with Gasteiger partial charge in [0.1, 0.15) is 5.78 Å². The zero-order valence-corrected chi connectivity index (χ0v) is 8.93. The summed E-state index contributed by atoms with van der Waals surface area (Å²) in [6.07, 6.45) is -0.683. The number of aliphatic hydroxyl groups excluding tert-OH is 1. The third-order valence-corrected chi connectivity index (χ3v) is 2.66. The number of rotatable bonds is 3. The first kappa shape index (κ1) is 12.1. The van der Waals surface area contributed by atoms with Crippen LogP contribution in [0.3, 0.4) is 0 Å². The Morgan fingerprint density at radius 3 is 2.87 bits per heavy atom. The molecule has 0 aliphatic carbocycles. The van der Waals surface area contributed by atoms with Gasteiger partial charge in [0, 0.05) is 12.3 Å². The van der Waals surface area contributed by atoms with E-state index >= 15 is 0 Å². The fraction of sp³-hybridized carbons (Fsp3) is 0.800. The number of hydrogen-bond donors (Lipinski definition) is 1. The third-order valence-electron chi connectivity index (χ3n) is 2.66. The van der Waals surface area contributed by atoms with Crippen LogP contribution < -0.4 is 0 Å². The summed E-state index contributed by atoms with van der Waals surface area (Å²) in [5.41, 5.74) is 0. The van der Waals surface area contributed by atoms with Crippen molar-refractivity contribution in [2.75, 3.05) is 13.7 Å². The van der Waals surface area contributed by atoms with Gasteiger partial charge in [-0.15, -0.1) is 0 Å². The summed E-state index contributed by atoms with van der Waals surface area (Å²) in [7, 11) is 1.29. The second-order valence-electron chi connectivity index (χ2n) is 3.72. The Labute approximate surface area is 88.4 Å². The molecule has 1 rings (SSSR count). The predicted molar refractivity (Wildman–Crippen MR) is 51.2 cm³/mol. The van der Waals surface area contributed by atoms with Gasteiger partial charge in [-0.05, 0) is 0 Å². The molecule has 1 N–H and O–H groups in total. The maximum Gasteiger partial charge on any atom is 0.308 e. The minimum atomic E-state index is -0.499. The molecule has 15 heavy (non-hydrogen) atoms. The molecular formula is C10H16O5. The lowest BCUT2D eigenvalue weighted by atomic mass is 9.91. The summed E-state index contributed by atoms with van der Waals surface area (Å²) < 4.78 is 9.91. The fourth-order valence-electron chi connectivity index (χ4n) is 1.62. The smallest absolute Gasteiger partial charge is 0.308 e. The van der Waals surface area contributed by atoms with Gasteiger partial charge in [-0.25, -0.2) is 0 Å². The number of ketones is 1. The highest BCUT2D eigenvalue weighted by molar-refractivity contribution is 5.83. The van der Waals surface area contributed by atoms with Crippen LogP contribution in [0.25, 0.3) is 0 Å². The Balaban J connectivity index is 2.55. The molecule has 0 radical (unpaired) electrons. The molecule has 1 heterocycles. The van der Waals surface area contributed by atoms with Crippen molar-refractivity contribution in [3.8, 4) is 0 Å². The van der Waals surface area contributed by atoms with Crippen LogP contribution in [0.2, 0.25) is 0 Å². The van der Waals surface area contributed by atoms with Crippen LogP contribution in [0.15, 0.2) is 0 Å². The molecule has 0 aromatic carbocycles. The van der Waals surface area contributed by atoms with E-state index in [-0.39, 0.29) is 31.1 Å². The Hall–Kier alpha value is -0.940. The van der Waals surface area contributed by atoms with Crippen molar-refractivity contribution in [2.24, 2.45) is 5.92 Å². The Kier molecular flexibility index (Phi) is 4.23. The molecule has 0 aromatic heterocycles. The molecule has 5 nitrogen and oxygen atoms in total. The van der Waals surface area contributed by atoms with E-state index in [1.807, 2.05) is 0 Å². The first-order valence-electron chi connectivity index (χ1n) is 4.94. The van der Waals surface area contributed by atoms with Crippen molar-refractivity contribution in [3.63, 3.8) is 0 Å². The molecule has 3 atom stereocenters. The molecule has 0 unspecified atom stereocenters. The first-order valence-corrected chi connectivity index (χ1v) is 4.94. The van der Waals surface area contributed by atoms with E-state index in [4.69, 9.17) is 9.84 Å². The van der Waals surface area contributed by atoms with Gasteiger partial charge in [0.25, 0.3) is 0 Å². The quantitative estimate of drug-likeness (QED) is 0.667. The van der Waals surface area contributed by atoms with Crippen LogP contribution in [0.5, 0.6) is 0 Å². The summed E-state index contributed by atoms with van der Waals surface area (Å²) in [6.45, 7) is 1.52. The molecule has 0 amide bonds. The second-order valence-corrected chi connectivity index (χ2v) is 3.72. The largest absolute Gasteiger partial charge is 0.469 e. The average Bonchev–Trinajstić information content (AvgIpc) is 2.22. The molecule has 0 spiro atoms. The van der Waals surface area contributed by atoms with Crippen LogP contribution in [0, 0.1) is 5.92 Å². The van der Waals surface area contributed by atoms with E-state index in [2.05, 4.69) is 4.74 Å². The molecule has 86 valence electrons. The van der Waals surface area contributed by atoms with Gasteiger partial charge in [0.15, 0.2) is 0 Å². The lowest BCUT2D eigenvalue weighted by Gasteiger charge is -2.32. The van der Waals surface area contributed by atoms with Crippen molar-refractivity contribution in [3.05, 3.63) is 0 Å². The molecule has 0 saturated carbocycles. The number of Topliss-reactive ketones (excluding diaryl/α,β-unsaturated/α-hetero) is 1. The van der Waals surface area contributed by atoms with Gasteiger partial charge in [-0.2, -0.15) is 0 Å². The summed E-state index contributed by atoms with van der Waals surface area (Å²) in [5, 5.41) is 8.99. The van der Waals surface area contributed by atoms with E-state index in [1.165, 1.54) is 7.11 Å². The average molecular weight is 216 g/mol. The van der Waals surface area contributed by atoms with Crippen molar-refractivity contribution in [2.45, 2.75) is 32.0 Å². The van der Waals surface area contributed by atoms with Crippen molar-refractivity contribution in [1.82, 2.24) is 0 Å². The van der Waals surface area contributed by atoms with Gasteiger partial charge in [-0.1, -0.05) is 6.92 Å². The van der Waals surface area contributed by atoms with Crippen LogP contribution in [-0.2, 0) is 19.1 Å². The predicted octanol–water partition coefficient (Wildman–Crippen LogP) is -0.0955. The first-order chi connectivity index (χ1) is 7.08. The number of hydrogen-bond acceptors (Lipinski definition) is 5. The topological polar surface area (TPSA) is 72.8 Å². The molecule has 1 saturated heterocycles. The number of aliphatic hydroxyl groups is 1. The zero-order valence-electron chi connectivity index (χ0n) is 8.93. The maximum atomic E-state index is 11.5. The highest BCUT2D eigenvalue weighted by Crippen LogP contribution is 2.23. The van der Waals surface area contributed by atoms with Gasteiger partial charge < -0.3 is 14.6 Å². The Bertz CT molecular complexity index is 248. The number of esters is 1. The lowest BCUT2D eigenvalue weighted by molar-refractivity contribution is -0.158. The monoisotopic (exact) mass is 216 g/mol. The van der Waals surface area contributed by atoms with Crippen LogP contribution >= 0.6 is 0 Å². The minimum absolute atomic E-state index is 0.0224. The van der Waals surface area contributed by atoms with E-state index in [0.717, 1.165) is 0 Å². The molecule has 1 fully saturated rings. The zero-order chi connectivity index (χ0) is 11.4. The van der Waals surface area contributed by atoms with Gasteiger partial charge in [-0.3, -0.25) is 9.59 Å². The highest BCUT2D eigenvalue weighted by Gasteiger charge is 2.35. The third kappa shape index (κ3) is 3.00. The Morgan fingerprint density at radius 2 is 2.33 bits per heavy atom. The lowest BCUT2D eigenvalue weighted by Crippen LogP contribution is -2.42.